The highest BCUT2D eigenvalue weighted by molar-refractivity contribution is 7.80. The highest BCUT2D eigenvalue weighted by atomic mass is 35.5. The Bertz CT molecular complexity index is 524. The van der Waals surface area contributed by atoms with Crippen LogP contribution < -0.4 is 10.6 Å². The van der Waals surface area contributed by atoms with Gasteiger partial charge in [-0.3, -0.25) is 10.1 Å². The van der Waals surface area contributed by atoms with Crippen molar-refractivity contribution in [1.82, 2.24) is 10.6 Å². The van der Waals surface area contributed by atoms with Crippen molar-refractivity contribution >= 4 is 40.9 Å². The molecule has 0 aromatic heterocycles. The van der Waals surface area contributed by atoms with Crippen LogP contribution in [0.25, 0.3) is 6.08 Å². The number of carbonyl (C=O) groups is 1. The zero-order chi connectivity index (χ0) is 14.4. The number of amides is 1. The van der Waals surface area contributed by atoms with Crippen LogP contribution in [0, 0.1) is 0 Å². The molecule has 0 heterocycles. The van der Waals surface area contributed by atoms with Crippen LogP contribution in [-0.4, -0.2) is 17.1 Å². The van der Waals surface area contributed by atoms with Crippen molar-refractivity contribution < 1.29 is 4.79 Å². The zero-order valence-electron chi connectivity index (χ0n) is 11.1. The number of thiocarbonyl (C=S) groups is 1. The van der Waals surface area contributed by atoms with E-state index in [1.807, 2.05) is 18.2 Å². The highest BCUT2D eigenvalue weighted by Gasteiger charge is 2.15. The van der Waals surface area contributed by atoms with Crippen molar-refractivity contribution in [3.63, 3.8) is 0 Å². The highest BCUT2D eigenvalue weighted by Crippen LogP contribution is 2.17. The molecule has 0 spiro atoms. The fourth-order valence-corrected chi connectivity index (χ4v) is 2.69. The van der Waals surface area contributed by atoms with Gasteiger partial charge in [-0.2, -0.15) is 0 Å². The molecule has 1 fully saturated rings. The molecule has 3 nitrogen and oxygen atoms in total. The lowest BCUT2D eigenvalue weighted by atomic mass is 10.2. The number of carbonyl (C=O) groups excluding carboxylic acids is 1. The van der Waals surface area contributed by atoms with Gasteiger partial charge >= 0.3 is 0 Å². The topological polar surface area (TPSA) is 41.1 Å². The quantitative estimate of drug-likeness (QED) is 0.665. The molecule has 0 saturated heterocycles. The summed E-state index contributed by atoms with van der Waals surface area (Å²) < 4.78 is 0. The number of benzene rings is 1. The summed E-state index contributed by atoms with van der Waals surface area (Å²) in [5.74, 6) is -0.250. The lowest BCUT2D eigenvalue weighted by Crippen LogP contribution is -2.42. The second-order valence-electron chi connectivity index (χ2n) is 4.80. The maximum Gasteiger partial charge on any atom is 0.250 e. The second kappa shape index (κ2) is 7.41. The van der Waals surface area contributed by atoms with Crippen LogP contribution in [0.3, 0.4) is 0 Å². The summed E-state index contributed by atoms with van der Waals surface area (Å²) in [5, 5.41) is 6.82. The smallest absolute Gasteiger partial charge is 0.250 e. The molecule has 1 aliphatic rings. The molecular weight excluding hydrogens is 292 g/mol. The van der Waals surface area contributed by atoms with E-state index < -0.39 is 0 Å². The SMILES string of the molecule is O=C(/C=C/c1ccccc1Cl)NC(=S)NC1CCCC1. The Balaban J connectivity index is 1.82. The van der Waals surface area contributed by atoms with E-state index >= 15 is 0 Å². The number of halogens is 1. The van der Waals surface area contributed by atoms with Gasteiger partial charge in [-0.05, 0) is 42.8 Å². The van der Waals surface area contributed by atoms with Gasteiger partial charge in [0.05, 0.1) is 0 Å². The van der Waals surface area contributed by atoms with Gasteiger partial charge in [0.25, 0.3) is 0 Å². The molecule has 1 aromatic rings. The van der Waals surface area contributed by atoms with E-state index in [-0.39, 0.29) is 5.91 Å². The molecule has 0 radical (unpaired) electrons. The van der Waals surface area contributed by atoms with Gasteiger partial charge < -0.3 is 5.32 Å². The van der Waals surface area contributed by atoms with Gasteiger partial charge in [0.2, 0.25) is 5.91 Å². The largest absolute Gasteiger partial charge is 0.360 e. The van der Waals surface area contributed by atoms with Crippen molar-refractivity contribution in [3.05, 3.63) is 40.9 Å². The van der Waals surface area contributed by atoms with Crippen molar-refractivity contribution in [2.75, 3.05) is 0 Å². The van der Waals surface area contributed by atoms with Crippen LogP contribution in [0.4, 0.5) is 0 Å². The first-order chi connectivity index (χ1) is 9.65. The van der Waals surface area contributed by atoms with E-state index in [9.17, 15) is 4.79 Å². The standard InChI is InChI=1S/C15H17ClN2OS/c16-13-8-4-1-5-11(13)9-10-14(19)18-15(20)17-12-6-2-3-7-12/h1,4-5,8-10,12H,2-3,6-7H2,(H2,17,18,19,20)/b10-9+. The molecule has 20 heavy (non-hydrogen) atoms. The number of hydrogen-bond acceptors (Lipinski definition) is 2. The molecule has 0 atom stereocenters. The minimum atomic E-state index is -0.250. The molecular formula is C15H17ClN2OS. The van der Waals surface area contributed by atoms with Crippen LogP contribution in [-0.2, 0) is 4.79 Å². The summed E-state index contributed by atoms with van der Waals surface area (Å²) in [4.78, 5) is 11.7. The first-order valence-electron chi connectivity index (χ1n) is 6.69. The third-order valence-electron chi connectivity index (χ3n) is 3.25. The number of rotatable bonds is 3. The Labute approximate surface area is 129 Å². The summed E-state index contributed by atoms with van der Waals surface area (Å²) in [6.07, 6.45) is 7.79. The van der Waals surface area contributed by atoms with E-state index in [0.29, 0.717) is 16.2 Å². The van der Waals surface area contributed by atoms with Gasteiger partial charge in [0.15, 0.2) is 5.11 Å². The molecule has 1 amide bonds. The minimum absolute atomic E-state index is 0.250. The van der Waals surface area contributed by atoms with Crippen LogP contribution in [0.5, 0.6) is 0 Å². The average molecular weight is 309 g/mol. The maximum atomic E-state index is 11.7. The van der Waals surface area contributed by atoms with Gasteiger partial charge in [-0.25, -0.2) is 0 Å². The molecule has 1 saturated carbocycles. The van der Waals surface area contributed by atoms with Crippen molar-refractivity contribution in [2.45, 2.75) is 31.7 Å². The van der Waals surface area contributed by atoms with Crippen LogP contribution in [0.1, 0.15) is 31.2 Å². The molecule has 2 rings (SSSR count). The molecule has 1 aromatic carbocycles. The van der Waals surface area contributed by atoms with Gasteiger partial charge in [0, 0.05) is 17.1 Å². The summed E-state index contributed by atoms with van der Waals surface area (Å²) in [6.45, 7) is 0. The monoisotopic (exact) mass is 308 g/mol. The number of hydrogen-bond donors (Lipinski definition) is 2. The molecule has 5 heteroatoms. The Morgan fingerprint density at radius 2 is 2.00 bits per heavy atom. The van der Waals surface area contributed by atoms with E-state index in [1.165, 1.54) is 18.9 Å². The lowest BCUT2D eigenvalue weighted by Gasteiger charge is -2.13. The van der Waals surface area contributed by atoms with Crippen LogP contribution in [0.2, 0.25) is 5.02 Å². The summed E-state index contributed by atoms with van der Waals surface area (Å²) in [6, 6.07) is 7.75. The summed E-state index contributed by atoms with van der Waals surface area (Å²) in [5.41, 5.74) is 0.805. The van der Waals surface area contributed by atoms with Crippen LogP contribution in [0.15, 0.2) is 30.3 Å². The van der Waals surface area contributed by atoms with Gasteiger partial charge in [0.1, 0.15) is 0 Å². The number of nitrogens with one attached hydrogen (secondary N) is 2. The zero-order valence-corrected chi connectivity index (χ0v) is 12.6. The maximum absolute atomic E-state index is 11.7. The molecule has 1 aliphatic carbocycles. The van der Waals surface area contributed by atoms with Gasteiger partial charge in [-0.1, -0.05) is 42.6 Å². The molecule has 0 aliphatic heterocycles. The summed E-state index contributed by atoms with van der Waals surface area (Å²) >= 11 is 11.1. The van der Waals surface area contributed by atoms with Crippen molar-refractivity contribution in [1.29, 1.82) is 0 Å². The van der Waals surface area contributed by atoms with E-state index in [2.05, 4.69) is 10.6 Å². The molecule has 106 valence electrons. The predicted octanol–water partition coefficient (Wildman–Crippen LogP) is 3.29. The third kappa shape index (κ3) is 4.62. The Morgan fingerprint density at radius 1 is 1.30 bits per heavy atom. The van der Waals surface area contributed by atoms with E-state index in [4.69, 9.17) is 23.8 Å². The average Bonchev–Trinajstić information content (AvgIpc) is 2.90. The van der Waals surface area contributed by atoms with Gasteiger partial charge in [-0.15, -0.1) is 0 Å². The fourth-order valence-electron chi connectivity index (χ4n) is 2.22. The predicted molar refractivity (Wildman–Crippen MR) is 86.6 cm³/mol. The lowest BCUT2D eigenvalue weighted by molar-refractivity contribution is -0.115. The first-order valence-corrected chi connectivity index (χ1v) is 7.48. The molecule has 0 bridgehead atoms. The molecule has 0 unspecified atom stereocenters. The third-order valence-corrected chi connectivity index (χ3v) is 3.81. The molecule has 2 N–H and O–H groups in total. The van der Waals surface area contributed by atoms with E-state index in [0.717, 1.165) is 18.4 Å². The Kier molecular flexibility index (Phi) is 5.56. The first kappa shape index (κ1) is 15.0. The van der Waals surface area contributed by atoms with E-state index in [1.54, 1.807) is 12.1 Å². The summed E-state index contributed by atoms with van der Waals surface area (Å²) in [7, 11) is 0. The Hall–Kier alpha value is -1.39. The van der Waals surface area contributed by atoms with Crippen molar-refractivity contribution in [2.24, 2.45) is 0 Å². The van der Waals surface area contributed by atoms with Crippen LogP contribution >= 0.6 is 23.8 Å². The fraction of sp³-hybridized carbons (Fsp3) is 0.333. The second-order valence-corrected chi connectivity index (χ2v) is 5.61. The Morgan fingerprint density at radius 3 is 2.70 bits per heavy atom. The van der Waals surface area contributed by atoms with Crippen molar-refractivity contribution in [3.8, 4) is 0 Å². The minimum Gasteiger partial charge on any atom is -0.360 e. The normalized spacial score (nSPS) is 15.4.